The van der Waals surface area contributed by atoms with Crippen LogP contribution in [0.5, 0.6) is 0 Å². The number of rotatable bonds is 8. The third-order valence-electron chi connectivity index (χ3n) is 2.27. The number of aromatic carboxylic acids is 1. The number of nitrogens with zero attached hydrogens (tertiary/aromatic N) is 2. The second-order valence-electron chi connectivity index (χ2n) is 3.58. The van der Waals surface area contributed by atoms with Crippen molar-refractivity contribution in [2.75, 3.05) is 25.6 Å². The van der Waals surface area contributed by atoms with Crippen LogP contribution in [-0.2, 0) is 4.74 Å². The molecule has 6 nitrogen and oxygen atoms in total. The van der Waals surface area contributed by atoms with Gasteiger partial charge in [-0.15, -0.1) is 5.10 Å². The summed E-state index contributed by atoms with van der Waals surface area (Å²) in [5.74, 6) is -0.673. The minimum Gasteiger partial charge on any atom is -0.478 e. The Kier molecular flexibility index (Phi) is 5.95. The fourth-order valence-corrected chi connectivity index (χ4v) is 1.39. The number of unbranched alkanes of at least 4 members (excludes halogenated alkanes) is 2. The molecule has 0 aliphatic rings. The van der Waals surface area contributed by atoms with E-state index in [9.17, 15) is 4.79 Å². The predicted octanol–water partition coefficient (Wildman–Crippen LogP) is 1.40. The van der Waals surface area contributed by atoms with Gasteiger partial charge in [0.15, 0.2) is 5.82 Å². The maximum absolute atomic E-state index is 10.9. The van der Waals surface area contributed by atoms with Crippen molar-refractivity contribution in [3.8, 4) is 0 Å². The summed E-state index contributed by atoms with van der Waals surface area (Å²) in [5.41, 5.74) is 0.150. The van der Waals surface area contributed by atoms with Crippen LogP contribution >= 0.6 is 0 Å². The van der Waals surface area contributed by atoms with E-state index in [1.165, 1.54) is 12.3 Å². The number of methoxy groups -OCH3 is 1. The summed E-state index contributed by atoms with van der Waals surface area (Å²) in [4.78, 5) is 10.9. The van der Waals surface area contributed by atoms with Gasteiger partial charge < -0.3 is 15.2 Å². The van der Waals surface area contributed by atoms with Crippen molar-refractivity contribution in [2.24, 2.45) is 0 Å². The van der Waals surface area contributed by atoms with E-state index >= 15 is 0 Å². The molecule has 0 spiro atoms. The summed E-state index contributed by atoms with van der Waals surface area (Å²) >= 11 is 0. The molecular formula is C11H17N3O3. The van der Waals surface area contributed by atoms with E-state index in [-0.39, 0.29) is 5.56 Å². The average Bonchev–Trinajstić information content (AvgIpc) is 2.34. The third-order valence-corrected chi connectivity index (χ3v) is 2.27. The van der Waals surface area contributed by atoms with Gasteiger partial charge in [0.25, 0.3) is 0 Å². The van der Waals surface area contributed by atoms with Crippen molar-refractivity contribution in [3.63, 3.8) is 0 Å². The topological polar surface area (TPSA) is 84.3 Å². The summed E-state index contributed by atoms with van der Waals surface area (Å²) in [6.07, 6.45) is 4.35. The summed E-state index contributed by atoms with van der Waals surface area (Å²) < 4.78 is 4.94. The second-order valence-corrected chi connectivity index (χ2v) is 3.58. The Morgan fingerprint density at radius 3 is 3.00 bits per heavy atom. The molecule has 0 saturated heterocycles. The molecule has 0 unspecified atom stereocenters. The Bertz CT molecular complexity index is 358. The summed E-state index contributed by atoms with van der Waals surface area (Å²) in [6, 6.07) is 1.43. The van der Waals surface area contributed by atoms with E-state index in [1.54, 1.807) is 7.11 Å². The quantitative estimate of drug-likeness (QED) is 0.667. The number of anilines is 1. The molecule has 0 bridgehead atoms. The zero-order valence-corrected chi connectivity index (χ0v) is 9.85. The highest BCUT2D eigenvalue weighted by atomic mass is 16.5. The largest absolute Gasteiger partial charge is 0.478 e. The van der Waals surface area contributed by atoms with Crippen LogP contribution in [0.3, 0.4) is 0 Å². The number of carboxylic acid groups (broad SMARTS) is 1. The highest BCUT2D eigenvalue weighted by Gasteiger charge is 2.10. The number of nitrogens with one attached hydrogen (secondary N) is 1. The summed E-state index contributed by atoms with van der Waals surface area (Å²) in [7, 11) is 1.68. The highest BCUT2D eigenvalue weighted by Crippen LogP contribution is 2.10. The molecular weight excluding hydrogens is 222 g/mol. The third kappa shape index (κ3) is 4.78. The lowest BCUT2D eigenvalue weighted by atomic mass is 10.2. The van der Waals surface area contributed by atoms with Crippen molar-refractivity contribution >= 4 is 11.8 Å². The molecule has 0 aliphatic heterocycles. The van der Waals surface area contributed by atoms with Crippen molar-refractivity contribution in [1.82, 2.24) is 10.2 Å². The van der Waals surface area contributed by atoms with Crippen LogP contribution in [0.1, 0.15) is 29.6 Å². The van der Waals surface area contributed by atoms with Crippen LogP contribution in [0, 0.1) is 0 Å². The Hall–Kier alpha value is -1.69. The van der Waals surface area contributed by atoms with Gasteiger partial charge in [0.2, 0.25) is 0 Å². The number of hydrogen-bond donors (Lipinski definition) is 2. The standard InChI is InChI=1S/C11H17N3O3/c1-17-8-4-2-3-6-12-10-9(11(15)16)5-7-13-14-10/h5,7H,2-4,6,8H2,1H3,(H,12,14)(H,15,16). The summed E-state index contributed by atoms with van der Waals surface area (Å²) in [6.45, 7) is 1.44. The molecule has 94 valence electrons. The molecule has 6 heteroatoms. The highest BCUT2D eigenvalue weighted by molar-refractivity contribution is 5.92. The molecule has 1 heterocycles. The fourth-order valence-electron chi connectivity index (χ4n) is 1.39. The monoisotopic (exact) mass is 239 g/mol. The first kappa shape index (κ1) is 13.4. The minimum absolute atomic E-state index is 0.150. The first-order valence-electron chi connectivity index (χ1n) is 5.53. The second kappa shape index (κ2) is 7.56. The number of ether oxygens (including phenoxy) is 1. The molecule has 0 saturated carbocycles. The van der Waals surface area contributed by atoms with E-state index in [1.807, 2.05) is 0 Å². The fraction of sp³-hybridized carbons (Fsp3) is 0.545. The van der Waals surface area contributed by atoms with Gasteiger partial charge >= 0.3 is 5.97 Å². The van der Waals surface area contributed by atoms with Crippen LogP contribution < -0.4 is 5.32 Å². The molecule has 0 amide bonds. The molecule has 0 atom stereocenters. The average molecular weight is 239 g/mol. The Labute approximate surface area is 100 Å². The Morgan fingerprint density at radius 1 is 1.47 bits per heavy atom. The lowest BCUT2D eigenvalue weighted by molar-refractivity contribution is 0.0697. The van der Waals surface area contributed by atoms with Gasteiger partial charge in [0.05, 0.1) is 6.20 Å². The van der Waals surface area contributed by atoms with Crippen LogP contribution in [0.15, 0.2) is 12.3 Å². The summed E-state index contributed by atoms with van der Waals surface area (Å²) in [5, 5.41) is 19.3. The maximum atomic E-state index is 10.9. The predicted molar refractivity (Wildman–Crippen MR) is 63.2 cm³/mol. The van der Waals surface area contributed by atoms with Gasteiger partial charge in [-0.25, -0.2) is 4.79 Å². The SMILES string of the molecule is COCCCCCNc1nnccc1C(=O)O. The van der Waals surface area contributed by atoms with Gasteiger partial charge in [-0.2, -0.15) is 5.10 Å². The first-order chi connectivity index (χ1) is 8.25. The minimum atomic E-state index is -0.998. The Morgan fingerprint density at radius 2 is 2.29 bits per heavy atom. The van der Waals surface area contributed by atoms with E-state index in [0.29, 0.717) is 12.4 Å². The van der Waals surface area contributed by atoms with Gasteiger partial charge in [0, 0.05) is 20.3 Å². The lowest BCUT2D eigenvalue weighted by Crippen LogP contribution is -2.10. The molecule has 0 fully saturated rings. The Balaban J connectivity index is 2.34. The van der Waals surface area contributed by atoms with Gasteiger partial charge in [-0.1, -0.05) is 0 Å². The zero-order valence-electron chi connectivity index (χ0n) is 9.85. The number of carboxylic acids is 1. The number of hydrogen-bond acceptors (Lipinski definition) is 5. The molecule has 1 rings (SSSR count). The first-order valence-corrected chi connectivity index (χ1v) is 5.53. The molecule has 17 heavy (non-hydrogen) atoms. The number of aromatic nitrogens is 2. The molecule has 0 aliphatic carbocycles. The van der Waals surface area contributed by atoms with Gasteiger partial charge in [-0.05, 0) is 25.3 Å². The van der Waals surface area contributed by atoms with Crippen LogP contribution in [0.2, 0.25) is 0 Å². The lowest BCUT2D eigenvalue weighted by Gasteiger charge is -2.06. The van der Waals surface area contributed by atoms with Crippen LogP contribution in [0.4, 0.5) is 5.82 Å². The van der Waals surface area contributed by atoms with E-state index < -0.39 is 5.97 Å². The van der Waals surface area contributed by atoms with E-state index in [4.69, 9.17) is 9.84 Å². The van der Waals surface area contributed by atoms with Gasteiger partial charge in [0.1, 0.15) is 5.56 Å². The van der Waals surface area contributed by atoms with Crippen molar-refractivity contribution in [1.29, 1.82) is 0 Å². The molecule has 2 N–H and O–H groups in total. The smallest absolute Gasteiger partial charge is 0.339 e. The molecule has 0 aromatic carbocycles. The van der Waals surface area contributed by atoms with Crippen LogP contribution in [0.25, 0.3) is 0 Å². The normalized spacial score (nSPS) is 10.2. The zero-order chi connectivity index (χ0) is 12.5. The van der Waals surface area contributed by atoms with Crippen molar-refractivity contribution < 1.29 is 14.6 Å². The van der Waals surface area contributed by atoms with E-state index in [2.05, 4.69) is 15.5 Å². The molecule has 1 aromatic heterocycles. The molecule has 1 aromatic rings. The number of carbonyl (C=O) groups is 1. The molecule has 0 radical (unpaired) electrons. The maximum Gasteiger partial charge on any atom is 0.339 e. The van der Waals surface area contributed by atoms with Crippen molar-refractivity contribution in [3.05, 3.63) is 17.8 Å². The van der Waals surface area contributed by atoms with Crippen LogP contribution in [-0.4, -0.2) is 41.5 Å². The van der Waals surface area contributed by atoms with Gasteiger partial charge in [-0.3, -0.25) is 0 Å². The van der Waals surface area contributed by atoms with Crippen molar-refractivity contribution in [2.45, 2.75) is 19.3 Å². The van der Waals surface area contributed by atoms with E-state index in [0.717, 1.165) is 25.9 Å².